The summed E-state index contributed by atoms with van der Waals surface area (Å²) in [6.07, 6.45) is 3.57. The quantitative estimate of drug-likeness (QED) is 0.790. The van der Waals surface area contributed by atoms with Gasteiger partial charge in [0.2, 0.25) is 0 Å². The molecule has 0 fully saturated rings. The Morgan fingerprint density at radius 3 is 2.65 bits per heavy atom. The molecule has 1 amide bonds. The summed E-state index contributed by atoms with van der Waals surface area (Å²) >= 11 is 0. The van der Waals surface area contributed by atoms with E-state index in [-0.39, 0.29) is 6.09 Å². The van der Waals surface area contributed by atoms with Gasteiger partial charge in [-0.15, -0.1) is 0 Å². The van der Waals surface area contributed by atoms with Crippen molar-refractivity contribution in [3.05, 3.63) is 29.4 Å². The van der Waals surface area contributed by atoms with Crippen LogP contribution in [0.15, 0.2) is 12.3 Å². The summed E-state index contributed by atoms with van der Waals surface area (Å²) in [4.78, 5) is 22.3. The lowest BCUT2D eigenvalue weighted by Gasteiger charge is -2.24. The fraction of sp³-hybridized carbons (Fsp3) is 0.533. The maximum atomic E-state index is 12.0. The van der Waals surface area contributed by atoms with Gasteiger partial charge in [-0.05, 0) is 40.2 Å². The first kappa shape index (κ1) is 14.5. The van der Waals surface area contributed by atoms with Crippen LogP contribution in [0.2, 0.25) is 0 Å². The van der Waals surface area contributed by atoms with Gasteiger partial charge in [-0.25, -0.2) is 14.8 Å². The summed E-state index contributed by atoms with van der Waals surface area (Å²) in [7, 11) is 0. The highest BCUT2D eigenvalue weighted by Gasteiger charge is 2.26. The molecular weight excluding hydrogens is 254 g/mol. The second kappa shape index (κ2) is 5.23. The van der Waals surface area contributed by atoms with Crippen molar-refractivity contribution in [3.63, 3.8) is 0 Å². The van der Waals surface area contributed by atoms with Crippen molar-refractivity contribution in [2.24, 2.45) is 0 Å². The average molecular weight is 275 g/mol. The van der Waals surface area contributed by atoms with Crippen molar-refractivity contribution in [3.8, 4) is 0 Å². The Hall–Kier alpha value is -1.91. The van der Waals surface area contributed by atoms with E-state index in [1.54, 1.807) is 4.90 Å². The second-order valence-corrected chi connectivity index (χ2v) is 6.01. The average Bonchev–Trinajstić information content (AvgIpc) is 2.75. The van der Waals surface area contributed by atoms with Crippen molar-refractivity contribution in [2.45, 2.75) is 40.2 Å². The molecule has 0 N–H and O–H groups in total. The summed E-state index contributed by atoms with van der Waals surface area (Å²) in [5.74, 6) is 0.758. The molecule has 0 aliphatic carbocycles. The van der Waals surface area contributed by atoms with Crippen LogP contribution >= 0.6 is 0 Å². The van der Waals surface area contributed by atoms with Crippen LogP contribution in [-0.4, -0.2) is 39.7 Å². The minimum Gasteiger partial charge on any atom is -0.444 e. The Morgan fingerprint density at radius 2 is 2.05 bits per heavy atom. The lowest BCUT2D eigenvalue weighted by Crippen LogP contribution is -2.35. The van der Waals surface area contributed by atoms with Crippen LogP contribution in [0.5, 0.6) is 0 Å². The van der Waals surface area contributed by atoms with Gasteiger partial charge in [0.05, 0.1) is 0 Å². The van der Waals surface area contributed by atoms with Gasteiger partial charge in [-0.3, -0.25) is 0 Å². The molecule has 108 valence electrons. The third kappa shape index (κ3) is 3.35. The Bertz CT molecular complexity index is 559. The molecule has 0 saturated carbocycles. The Morgan fingerprint density at radius 1 is 1.35 bits per heavy atom. The van der Waals surface area contributed by atoms with Crippen molar-refractivity contribution in [1.29, 1.82) is 0 Å². The van der Waals surface area contributed by atoms with Gasteiger partial charge in [0, 0.05) is 30.5 Å². The summed E-state index contributed by atoms with van der Waals surface area (Å²) in [6, 6.07) is 0. The Balaban J connectivity index is 2.07. The molecule has 2 rings (SSSR count). The van der Waals surface area contributed by atoms with Crippen molar-refractivity contribution in [1.82, 2.24) is 14.9 Å². The molecule has 20 heavy (non-hydrogen) atoms. The molecule has 0 unspecified atom stereocenters. The van der Waals surface area contributed by atoms with Gasteiger partial charge < -0.3 is 9.64 Å². The van der Waals surface area contributed by atoms with Gasteiger partial charge in [0.15, 0.2) is 0 Å². The minimum atomic E-state index is -0.470. The number of hydrogen-bond donors (Lipinski definition) is 0. The van der Waals surface area contributed by atoms with E-state index in [1.165, 1.54) is 0 Å². The zero-order valence-electron chi connectivity index (χ0n) is 12.7. The zero-order chi connectivity index (χ0) is 14.9. The lowest BCUT2D eigenvalue weighted by atomic mass is 10.1. The highest BCUT2D eigenvalue weighted by Crippen LogP contribution is 2.24. The zero-order valence-corrected chi connectivity index (χ0v) is 12.7. The van der Waals surface area contributed by atoms with Gasteiger partial charge in [0.1, 0.15) is 11.4 Å². The molecular formula is C15H21N3O2. The summed E-state index contributed by atoms with van der Waals surface area (Å²) in [5, 5.41) is 0. The Labute approximate surface area is 119 Å². The SMILES string of the molecule is Cc1ncc(C2=CCN(C(=O)OC(C)(C)C)C2)c(C)n1. The lowest BCUT2D eigenvalue weighted by molar-refractivity contribution is 0.0306. The smallest absolute Gasteiger partial charge is 0.410 e. The van der Waals surface area contributed by atoms with E-state index in [1.807, 2.05) is 46.9 Å². The third-order valence-corrected chi connectivity index (χ3v) is 3.02. The van der Waals surface area contributed by atoms with E-state index in [9.17, 15) is 4.79 Å². The van der Waals surface area contributed by atoms with Crippen LogP contribution in [0.25, 0.3) is 5.57 Å². The number of carbonyl (C=O) groups is 1. The monoisotopic (exact) mass is 275 g/mol. The van der Waals surface area contributed by atoms with E-state index in [0.29, 0.717) is 13.1 Å². The highest BCUT2D eigenvalue weighted by molar-refractivity contribution is 5.77. The number of nitrogens with zero attached hydrogens (tertiary/aromatic N) is 3. The number of rotatable bonds is 1. The first-order valence-electron chi connectivity index (χ1n) is 6.74. The summed E-state index contributed by atoms with van der Waals surface area (Å²) < 4.78 is 5.38. The summed E-state index contributed by atoms with van der Waals surface area (Å²) in [6.45, 7) is 10.5. The maximum absolute atomic E-state index is 12.0. The number of hydrogen-bond acceptors (Lipinski definition) is 4. The minimum absolute atomic E-state index is 0.283. The summed E-state index contributed by atoms with van der Waals surface area (Å²) in [5.41, 5.74) is 2.55. The van der Waals surface area contributed by atoms with Gasteiger partial charge in [-0.2, -0.15) is 0 Å². The molecule has 5 nitrogen and oxygen atoms in total. The fourth-order valence-electron chi connectivity index (χ4n) is 2.11. The van der Waals surface area contributed by atoms with Gasteiger partial charge in [-0.1, -0.05) is 6.08 Å². The normalized spacial score (nSPS) is 15.2. The predicted molar refractivity (Wildman–Crippen MR) is 77.3 cm³/mol. The molecule has 0 aromatic carbocycles. The van der Waals surface area contributed by atoms with Crippen molar-refractivity contribution >= 4 is 11.7 Å². The van der Waals surface area contributed by atoms with Gasteiger partial charge in [0.25, 0.3) is 0 Å². The first-order valence-corrected chi connectivity index (χ1v) is 6.74. The maximum Gasteiger partial charge on any atom is 0.410 e. The number of ether oxygens (including phenoxy) is 1. The van der Waals surface area contributed by atoms with E-state index in [2.05, 4.69) is 9.97 Å². The number of amides is 1. The molecule has 1 aromatic rings. The van der Waals surface area contributed by atoms with Crippen LogP contribution in [0.4, 0.5) is 4.79 Å². The molecule has 0 saturated heterocycles. The van der Waals surface area contributed by atoms with Crippen LogP contribution in [0.1, 0.15) is 37.9 Å². The van der Waals surface area contributed by atoms with E-state index >= 15 is 0 Å². The highest BCUT2D eigenvalue weighted by atomic mass is 16.6. The van der Waals surface area contributed by atoms with Crippen molar-refractivity contribution in [2.75, 3.05) is 13.1 Å². The van der Waals surface area contributed by atoms with Crippen LogP contribution in [0, 0.1) is 13.8 Å². The molecule has 5 heteroatoms. The number of carbonyl (C=O) groups excluding carboxylic acids is 1. The third-order valence-electron chi connectivity index (χ3n) is 3.02. The van der Waals surface area contributed by atoms with Crippen molar-refractivity contribution < 1.29 is 9.53 Å². The molecule has 2 heterocycles. The molecule has 1 aliphatic rings. The Kier molecular flexibility index (Phi) is 3.79. The van der Waals surface area contributed by atoms with E-state index < -0.39 is 5.60 Å². The van der Waals surface area contributed by atoms with Gasteiger partial charge >= 0.3 is 6.09 Å². The largest absolute Gasteiger partial charge is 0.444 e. The molecule has 1 aromatic heterocycles. The predicted octanol–water partition coefficient (Wildman–Crippen LogP) is 2.73. The number of aryl methyl sites for hydroxylation is 2. The van der Waals surface area contributed by atoms with Crippen LogP contribution in [-0.2, 0) is 4.74 Å². The van der Waals surface area contributed by atoms with Crippen LogP contribution < -0.4 is 0 Å². The first-order chi connectivity index (χ1) is 9.26. The molecule has 0 atom stereocenters. The molecule has 0 bridgehead atoms. The fourth-order valence-corrected chi connectivity index (χ4v) is 2.11. The van der Waals surface area contributed by atoms with E-state index in [4.69, 9.17) is 4.74 Å². The van der Waals surface area contributed by atoms with E-state index in [0.717, 1.165) is 22.7 Å². The number of aromatic nitrogens is 2. The van der Waals surface area contributed by atoms with Crippen LogP contribution in [0.3, 0.4) is 0 Å². The standard InChI is InChI=1S/C15H21N3O2/c1-10-13(8-16-11(2)17-10)12-6-7-18(9-12)14(19)20-15(3,4)5/h6,8H,7,9H2,1-5H3. The second-order valence-electron chi connectivity index (χ2n) is 6.01. The molecule has 0 radical (unpaired) electrons. The topological polar surface area (TPSA) is 55.3 Å². The molecule has 1 aliphatic heterocycles. The molecule has 0 spiro atoms.